The molecule has 1 saturated heterocycles. The second-order valence-electron chi connectivity index (χ2n) is 6.80. The lowest BCUT2D eigenvalue weighted by molar-refractivity contribution is -0.142. The maximum Gasteiger partial charge on any atom is 0.343 e. The monoisotopic (exact) mass is 404 g/mol. The number of halogens is 1. The first kappa shape index (κ1) is 20.6. The molecule has 2 unspecified atom stereocenters. The fourth-order valence-corrected chi connectivity index (χ4v) is 3.42. The van der Waals surface area contributed by atoms with Gasteiger partial charge in [-0.1, -0.05) is 29.8 Å². The van der Waals surface area contributed by atoms with E-state index in [1.165, 1.54) is 12.7 Å². The van der Waals surface area contributed by atoms with Crippen LogP contribution in [0.15, 0.2) is 42.5 Å². The molecule has 0 saturated carbocycles. The molecule has 28 heavy (non-hydrogen) atoms. The molecule has 1 aliphatic heterocycles. The SMILES string of the molecule is COC(=O)COc1ccc(CC(C)N2CCOC(c3cccc(Cl)n3)C2)cc1. The van der Waals surface area contributed by atoms with Gasteiger partial charge in [-0.3, -0.25) is 4.90 Å². The van der Waals surface area contributed by atoms with Crippen LogP contribution in [0.2, 0.25) is 5.15 Å². The Balaban J connectivity index is 1.55. The Hall–Kier alpha value is -2.15. The Morgan fingerprint density at radius 3 is 2.82 bits per heavy atom. The van der Waals surface area contributed by atoms with E-state index in [-0.39, 0.29) is 12.7 Å². The van der Waals surface area contributed by atoms with Gasteiger partial charge in [0.1, 0.15) is 17.0 Å². The van der Waals surface area contributed by atoms with E-state index in [9.17, 15) is 4.79 Å². The number of aromatic nitrogens is 1. The molecule has 2 heterocycles. The molecule has 2 atom stereocenters. The van der Waals surface area contributed by atoms with Crippen LogP contribution in [0.3, 0.4) is 0 Å². The van der Waals surface area contributed by atoms with E-state index >= 15 is 0 Å². The van der Waals surface area contributed by atoms with E-state index in [0.29, 0.717) is 23.6 Å². The first-order valence-corrected chi connectivity index (χ1v) is 9.69. The molecule has 0 radical (unpaired) electrons. The number of methoxy groups -OCH3 is 1. The molecule has 0 bridgehead atoms. The van der Waals surface area contributed by atoms with Crippen LogP contribution in [-0.2, 0) is 20.7 Å². The average molecular weight is 405 g/mol. The Bertz CT molecular complexity index is 784. The molecule has 7 heteroatoms. The third kappa shape index (κ3) is 5.67. The molecule has 150 valence electrons. The number of rotatable bonds is 7. The van der Waals surface area contributed by atoms with Crippen molar-refractivity contribution in [2.24, 2.45) is 0 Å². The van der Waals surface area contributed by atoms with Crippen LogP contribution < -0.4 is 4.74 Å². The number of esters is 1. The van der Waals surface area contributed by atoms with Crippen molar-refractivity contribution in [3.05, 3.63) is 58.9 Å². The number of morpholine rings is 1. The lowest BCUT2D eigenvalue weighted by atomic mass is 10.0. The van der Waals surface area contributed by atoms with Crippen molar-refractivity contribution < 1.29 is 19.0 Å². The Kier molecular flexibility index (Phi) is 7.25. The second-order valence-corrected chi connectivity index (χ2v) is 7.19. The van der Waals surface area contributed by atoms with Crippen LogP contribution in [0.4, 0.5) is 0 Å². The van der Waals surface area contributed by atoms with E-state index in [2.05, 4.69) is 21.5 Å². The van der Waals surface area contributed by atoms with Crippen molar-refractivity contribution >= 4 is 17.6 Å². The van der Waals surface area contributed by atoms with E-state index in [4.69, 9.17) is 21.1 Å². The topological polar surface area (TPSA) is 60.9 Å². The number of hydrogen-bond donors (Lipinski definition) is 0. The van der Waals surface area contributed by atoms with Crippen LogP contribution in [0, 0.1) is 0 Å². The Morgan fingerprint density at radius 2 is 2.11 bits per heavy atom. The highest BCUT2D eigenvalue weighted by molar-refractivity contribution is 6.29. The number of pyridine rings is 1. The maximum atomic E-state index is 11.1. The number of nitrogens with zero attached hydrogens (tertiary/aromatic N) is 2. The first-order chi connectivity index (χ1) is 13.5. The predicted molar refractivity (Wildman–Crippen MR) is 107 cm³/mol. The molecular formula is C21H25ClN2O4. The molecule has 2 aromatic rings. The molecule has 0 spiro atoms. The molecule has 6 nitrogen and oxygen atoms in total. The quantitative estimate of drug-likeness (QED) is 0.521. The van der Waals surface area contributed by atoms with E-state index < -0.39 is 5.97 Å². The summed E-state index contributed by atoms with van der Waals surface area (Å²) in [5.41, 5.74) is 2.08. The number of carbonyl (C=O) groups is 1. The molecule has 1 aromatic heterocycles. The third-order valence-electron chi connectivity index (χ3n) is 4.83. The van der Waals surface area contributed by atoms with Crippen LogP contribution >= 0.6 is 11.6 Å². The van der Waals surface area contributed by atoms with Crippen LogP contribution in [0.5, 0.6) is 5.75 Å². The van der Waals surface area contributed by atoms with Crippen molar-refractivity contribution in [1.29, 1.82) is 0 Å². The molecule has 1 aromatic carbocycles. The smallest absolute Gasteiger partial charge is 0.343 e. The molecule has 0 amide bonds. The highest BCUT2D eigenvalue weighted by atomic mass is 35.5. The van der Waals surface area contributed by atoms with Gasteiger partial charge in [-0.25, -0.2) is 9.78 Å². The zero-order valence-electron chi connectivity index (χ0n) is 16.1. The third-order valence-corrected chi connectivity index (χ3v) is 5.04. The summed E-state index contributed by atoms with van der Waals surface area (Å²) in [6.07, 6.45) is 0.844. The zero-order chi connectivity index (χ0) is 19.9. The normalized spacial score (nSPS) is 18.5. The van der Waals surface area contributed by atoms with Crippen molar-refractivity contribution in [3.8, 4) is 5.75 Å². The average Bonchev–Trinajstić information content (AvgIpc) is 2.73. The van der Waals surface area contributed by atoms with Gasteiger partial charge in [-0.2, -0.15) is 0 Å². The van der Waals surface area contributed by atoms with Gasteiger partial charge in [0.2, 0.25) is 0 Å². The number of benzene rings is 1. The summed E-state index contributed by atoms with van der Waals surface area (Å²) in [5.74, 6) is 0.258. The number of carbonyl (C=O) groups excluding carboxylic acids is 1. The lowest BCUT2D eigenvalue weighted by Gasteiger charge is -2.36. The van der Waals surface area contributed by atoms with Gasteiger partial charge < -0.3 is 14.2 Å². The first-order valence-electron chi connectivity index (χ1n) is 9.32. The fourth-order valence-electron chi connectivity index (χ4n) is 3.24. The summed E-state index contributed by atoms with van der Waals surface area (Å²) in [6.45, 7) is 4.48. The van der Waals surface area contributed by atoms with E-state index in [1.807, 2.05) is 36.4 Å². The van der Waals surface area contributed by atoms with Gasteiger partial charge >= 0.3 is 5.97 Å². The van der Waals surface area contributed by atoms with Crippen molar-refractivity contribution in [2.45, 2.75) is 25.5 Å². The number of ether oxygens (including phenoxy) is 3. The predicted octanol–water partition coefficient (Wildman–Crippen LogP) is 3.29. The van der Waals surface area contributed by atoms with E-state index in [1.54, 1.807) is 6.07 Å². The van der Waals surface area contributed by atoms with Gasteiger partial charge in [0, 0.05) is 19.1 Å². The van der Waals surface area contributed by atoms with Crippen molar-refractivity contribution in [3.63, 3.8) is 0 Å². The van der Waals surface area contributed by atoms with Gasteiger partial charge in [0.15, 0.2) is 6.61 Å². The van der Waals surface area contributed by atoms with Gasteiger partial charge in [-0.05, 0) is 43.2 Å². The number of hydrogen-bond acceptors (Lipinski definition) is 6. The largest absolute Gasteiger partial charge is 0.482 e. The minimum atomic E-state index is -0.395. The molecule has 1 aliphatic rings. The molecule has 0 N–H and O–H groups in total. The minimum Gasteiger partial charge on any atom is -0.482 e. The van der Waals surface area contributed by atoms with E-state index in [0.717, 1.165) is 25.2 Å². The highest BCUT2D eigenvalue weighted by Gasteiger charge is 2.26. The van der Waals surface area contributed by atoms with Crippen LogP contribution in [-0.4, -0.2) is 55.3 Å². The summed E-state index contributed by atoms with van der Waals surface area (Å²) < 4.78 is 15.9. The van der Waals surface area contributed by atoms with Crippen molar-refractivity contribution in [1.82, 2.24) is 9.88 Å². The maximum absolute atomic E-state index is 11.1. The summed E-state index contributed by atoms with van der Waals surface area (Å²) in [7, 11) is 1.34. The molecule has 1 fully saturated rings. The Morgan fingerprint density at radius 1 is 1.32 bits per heavy atom. The van der Waals surface area contributed by atoms with Gasteiger partial charge in [-0.15, -0.1) is 0 Å². The van der Waals surface area contributed by atoms with Crippen LogP contribution in [0.1, 0.15) is 24.3 Å². The van der Waals surface area contributed by atoms with Gasteiger partial charge in [0.05, 0.1) is 19.4 Å². The fraction of sp³-hybridized carbons (Fsp3) is 0.429. The minimum absolute atomic E-state index is 0.0657. The standard InChI is InChI=1S/C21H25ClN2O4/c1-15(12-16-6-8-17(9-7-16)28-14-21(25)26-2)24-10-11-27-19(13-24)18-4-3-5-20(22)23-18/h3-9,15,19H,10-14H2,1-2H3. The molecule has 0 aliphatic carbocycles. The van der Waals surface area contributed by atoms with Crippen molar-refractivity contribution in [2.75, 3.05) is 33.4 Å². The molecular weight excluding hydrogens is 380 g/mol. The summed E-state index contributed by atoms with van der Waals surface area (Å²) >= 11 is 6.01. The zero-order valence-corrected chi connectivity index (χ0v) is 16.9. The summed E-state index contributed by atoms with van der Waals surface area (Å²) in [6, 6.07) is 13.8. The van der Waals surface area contributed by atoms with Crippen LogP contribution in [0.25, 0.3) is 0 Å². The lowest BCUT2D eigenvalue weighted by Crippen LogP contribution is -2.44. The summed E-state index contributed by atoms with van der Waals surface area (Å²) in [5, 5.41) is 0.487. The van der Waals surface area contributed by atoms with Gasteiger partial charge in [0.25, 0.3) is 0 Å². The summed E-state index contributed by atoms with van der Waals surface area (Å²) in [4.78, 5) is 17.9. The second kappa shape index (κ2) is 9.87. The highest BCUT2D eigenvalue weighted by Crippen LogP contribution is 2.24. The molecule has 3 rings (SSSR count). The Labute approximate surface area is 170 Å².